The molecule has 0 aromatic heterocycles. The van der Waals surface area contributed by atoms with Crippen molar-refractivity contribution in [1.29, 1.82) is 0 Å². The van der Waals surface area contributed by atoms with Gasteiger partial charge in [0.15, 0.2) is 0 Å². The summed E-state index contributed by atoms with van der Waals surface area (Å²) in [7, 11) is 0. The van der Waals surface area contributed by atoms with Gasteiger partial charge in [-0.2, -0.15) is 0 Å². The zero-order valence-corrected chi connectivity index (χ0v) is 12.4. The van der Waals surface area contributed by atoms with Gasteiger partial charge in [-0.05, 0) is 58.3 Å². The molecule has 0 aliphatic heterocycles. The Labute approximate surface area is 107 Å². The van der Waals surface area contributed by atoms with Gasteiger partial charge in [-0.3, -0.25) is 4.79 Å². The highest BCUT2D eigenvalue weighted by Crippen LogP contribution is 2.44. The quantitative estimate of drug-likeness (QED) is 0.781. The van der Waals surface area contributed by atoms with Gasteiger partial charge < -0.3 is 5.32 Å². The van der Waals surface area contributed by atoms with Crippen LogP contribution in [0, 0.1) is 17.3 Å². The Morgan fingerprint density at radius 1 is 1.24 bits per heavy atom. The van der Waals surface area contributed by atoms with Crippen LogP contribution >= 0.6 is 0 Å². The molecule has 2 nitrogen and oxygen atoms in total. The predicted molar refractivity (Wildman–Crippen MR) is 72.8 cm³/mol. The average Bonchev–Trinajstić information content (AvgIpc) is 2.15. The molecule has 17 heavy (non-hydrogen) atoms. The summed E-state index contributed by atoms with van der Waals surface area (Å²) in [5.74, 6) is 1.48. The molecule has 0 bridgehead atoms. The Morgan fingerprint density at radius 2 is 1.71 bits per heavy atom. The van der Waals surface area contributed by atoms with Gasteiger partial charge in [0, 0.05) is 5.54 Å². The maximum atomic E-state index is 12.6. The minimum atomic E-state index is -0.125. The third kappa shape index (κ3) is 3.46. The third-order valence-corrected chi connectivity index (χ3v) is 4.21. The Morgan fingerprint density at radius 3 is 2.06 bits per heavy atom. The maximum absolute atomic E-state index is 12.6. The van der Waals surface area contributed by atoms with E-state index in [9.17, 15) is 4.79 Å². The first-order chi connectivity index (χ1) is 7.67. The molecule has 0 heterocycles. The van der Waals surface area contributed by atoms with Gasteiger partial charge in [0.2, 0.25) is 5.91 Å². The highest BCUT2D eigenvalue weighted by molar-refractivity contribution is 5.83. The van der Waals surface area contributed by atoms with E-state index in [0.29, 0.717) is 5.92 Å². The van der Waals surface area contributed by atoms with Crippen LogP contribution < -0.4 is 5.32 Å². The molecule has 0 saturated heterocycles. The Bertz CT molecular complexity index is 267. The minimum absolute atomic E-state index is 0.123. The first kappa shape index (κ1) is 14.5. The van der Waals surface area contributed by atoms with Crippen LogP contribution in [0.5, 0.6) is 0 Å². The molecule has 100 valence electrons. The van der Waals surface area contributed by atoms with Crippen molar-refractivity contribution in [3.63, 3.8) is 0 Å². The molecular formula is C15H29NO. The largest absolute Gasteiger partial charge is 0.351 e. The predicted octanol–water partition coefficient (Wildman–Crippen LogP) is 3.75. The molecule has 0 aromatic rings. The fourth-order valence-electron chi connectivity index (χ4n) is 2.81. The van der Waals surface area contributed by atoms with Crippen molar-refractivity contribution in [2.45, 2.75) is 72.8 Å². The maximum Gasteiger partial charge on any atom is 0.226 e. The fourth-order valence-corrected chi connectivity index (χ4v) is 2.81. The average molecular weight is 239 g/mol. The Kier molecular flexibility index (Phi) is 4.27. The molecule has 1 N–H and O–H groups in total. The summed E-state index contributed by atoms with van der Waals surface area (Å²) < 4.78 is 0. The number of hydrogen-bond acceptors (Lipinski definition) is 1. The molecule has 0 radical (unpaired) electrons. The van der Waals surface area contributed by atoms with Crippen LogP contribution in [-0.4, -0.2) is 11.4 Å². The molecule has 1 saturated carbocycles. The molecule has 2 heteroatoms. The second-order valence-electron chi connectivity index (χ2n) is 7.20. The summed E-state index contributed by atoms with van der Waals surface area (Å²) >= 11 is 0. The van der Waals surface area contributed by atoms with Gasteiger partial charge in [0.05, 0.1) is 5.41 Å². The van der Waals surface area contributed by atoms with E-state index in [-0.39, 0.29) is 16.9 Å². The fraction of sp³-hybridized carbons (Fsp3) is 0.933. The lowest BCUT2D eigenvalue weighted by Gasteiger charge is -2.42. The molecule has 0 unspecified atom stereocenters. The van der Waals surface area contributed by atoms with Crippen LogP contribution in [0.1, 0.15) is 67.2 Å². The van der Waals surface area contributed by atoms with Crippen molar-refractivity contribution in [3.05, 3.63) is 0 Å². The van der Waals surface area contributed by atoms with E-state index in [1.54, 1.807) is 0 Å². The van der Waals surface area contributed by atoms with Crippen LogP contribution in [0.4, 0.5) is 0 Å². The zero-order chi connectivity index (χ0) is 13.3. The minimum Gasteiger partial charge on any atom is -0.351 e. The summed E-state index contributed by atoms with van der Waals surface area (Å²) in [5, 5.41) is 3.19. The summed E-state index contributed by atoms with van der Waals surface area (Å²) in [5.41, 5.74) is -0.248. The van der Waals surface area contributed by atoms with Gasteiger partial charge >= 0.3 is 0 Å². The standard InChI is InChI=1S/C15H29NO/c1-11(2)15(9-7-12(3)8-10-15)13(17)16-14(4,5)6/h11-12H,7-10H2,1-6H3,(H,16,17). The monoisotopic (exact) mass is 239 g/mol. The molecule has 1 fully saturated rings. The number of carbonyl (C=O) groups excluding carboxylic acids is 1. The van der Waals surface area contributed by atoms with E-state index >= 15 is 0 Å². The summed E-state index contributed by atoms with van der Waals surface area (Å²) in [4.78, 5) is 12.6. The van der Waals surface area contributed by atoms with Crippen LogP contribution in [-0.2, 0) is 4.79 Å². The molecule has 1 amide bonds. The van der Waals surface area contributed by atoms with Crippen molar-refractivity contribution in [2.24, 2.45) is 17.3 Å². The number of amides is 1. The Balaban J connectivity index is 2.82. The first-order valence-electron chi connectivity index (χ1n) is 7.00. The van der Waals surface area contributed by atoms with E-state index in [2.05, 4.69) is 46.9 Å². The van der Waals surface area contributed by atoms with Crippen molar-refractivity contribution < 1.29 is 4.79 Å². The van der Waals surface area contributed by atoms with Crippen molar-refractivity contribution in [2.75, 3.05) is 0 Å². The molecule has 0 aromatic carbocycles. The molecule has 1 aliphatic carbocycles. The van der Waals surface area contributed by atoms with Gasteiger partial charge in [0.1, 0.15) is 0 Å². The molecular weight excluding hydrogens is 210 g/mol. The van der Waals surface area contributed by atoms with E-state index in [1.807, 2.05) is 0 Å². The molecule has 1 rings (SSSR count). The zero-order valence-electron chi connectivity index (χ0n) is 12.4. The second-order valence-corrected chi connectivity index (χ2v) is 7.20. The molecule has 0 atom stereocenters. The van der Waals surface area contributed by atoms with Gasteiger partial charge in [-0.1, -0.05) is 20.8 Å². The third-order valence-electron chi connectivity index (χ3n) is 4.21. The first-order valence-corrected chi connectivity index (χ1v) is 7.00. The van der Waals surface area contributed by atoms with E-state index in [0.717, 1.165) is 18.8 Å². The molecule has 1 aliphatic rings. The number of nitrogens with one attached hydrogen (secondary N) is 1. The molecule has 0 spiro atoms. The number of hydrogen-bond donors (Lipinski definition) is 1. The Hall–Kier alpha value is -0.530. The van der Waals surface area contributed by atoms with E-state index in [4.69, 9.17) is 0 Å². The van der Waals surface area contributed by atoms with Crippen molar-refractivity contribution >= 4 is 5.91 Å². The number of rotatable bonds is 2. The summed E-state index contributed by atoms with van der Waals surface area (Å²) in [6.45, 7) is 12.9. The van der Waals surface area contributed by atoms with Gasteiger partial charge in [-0.15, -0.1) is 0 Å². The summed E-state index contributed by atoms with van der Waals surface area (Å²) in [6.07, 6.45) is 4.48. The topological polar surface area (TPSA) is 29.1 Å². The highest BCUT2D eigenvalue weighted by atomic mass is 16.2. The second kappa shape index (κ2) is 4.99. The van der Waals surface area contributed by atoms with Gasteiger partial charge in [-0.25, -0.2) is 0 Å². The van der Waals surface area contributed by atoms with E-state index < -0.39 is 0 Å². The van der Waals surface area contributed by atoms with Crippen LogP contribution in [0.3, 0.4) is 0 Å². The van der Waals surface area contributed by atoms with Crippen molar-refractivity contribution in [3.8, 4) is 0 Å². The normalized spacial score (nSPS) is 30.4. The van der Waals surface area contributed by atoms with Crippen LogP contribution in [0.15, 0.2) is 0 Å². The lowest BCUT2D eigenvalue weighted by Crippen LogP contribution is -2.52. The summed E-state index contributed by atoms with van der Waals surface area (Å²) in [6, 6.07) is 0. The van der Waals surface area contributed by atoms with Crippen LogP contribution in [0.2, 0.25) is 0 Å². The van der Waals surface area contributed by atoms with Gasteiger partial charge in [0.25, 0.3) is 0 Å². The number of carbonyl (C=O) groups is 1. The van der Waals surface area contributed by atoms with Crippen LogP contribution in [0.25, 0.3) is 0 Å². The lowest BCUT2D eigenvalue weighted by molar-refractivity contribution is -0.138. The van der Waals surface area contributed by atoms with Crippen molar-refractivity contribution in [1.82, 2.24) is 5.32 Å². The van der Waals surface area contributed by atoms with E-state index in [1.165, 1.54) is 12.8 Å². The SMILES string of the molecule is CC1CCC(C(=O)NC(C)(C)C)(C(C)C)CC1. The smallest absolute Gasteiger partial charge is 0.226 e. The highest BCUT2D eigenvalue weighted by Gasteiger charge is 2.44. The lowest BCUT2D eigenvalue weighted by atomic mass is 9.64.